The van der Waals surface area contributed by atoms with Gasteiger partial charge in [0.25, 0.3) is 5.56 Å². The van der Waals surface area contributed by atoms with Crippen LogP contribution in [0.1, 0.15) is 63.0 Å². The normalized spacial score (nSPS) is 22.8. The van der Waals surface area contributed by atoms with Crippen LogP contribution < -0.4 is 15.8 Å². The lowest BCUT2D eigenvalue weighted by atomic mass is 9.85. The monoisotopic (exact) mass is 564 g/mol. The molecule has 2 N–H and O–H groups in total. The molecule has 212 valence electrons. The van der Waals surface area contributed by atoms with Crippen LogP contribution >= 0.6 is 11.6 Å². The first-order valence-electron chi connectivity index (χ1n) is 14.5. The molecule has 3 fully saturated rings. The summed E-state index contributed by atoms with van der Waals surface area (Å²) in [6.45, 7) is 4.23. The molecular formula is C30H37ClN6O3. The van der Waals surface area contributed by atoms with Gasteiger partial charge >= 0.3 is 0 Å². The summed E-state index contributed by atoms with van der Waals surface area (Å²) in [5.74, 6) is 0.952. The first-order chi connectivity index (χ1) is 19.4. The smallest absolute Gasteiger partial charge is 0.271 e. The van der Waals surface area contributed by atoms with Crippen LogP contribution in [0.2, 0.25) is 5.02 Å². The lowest BCUT2D eigenvalue weighted by molar-refractivity contribution is -0.122. The Bertz CT molecular complexity index is 1460. The fraction of sp³-hybridized carbons (Fsp3) is 0.533. The first kappa shape index (κ1) is 27.2. The molecule has 0 atom stereocenters. The van der Waals surface area contributed by atoms with Crippen molar-refractivity contribution in [3.8, 4) is 0 Å². The van der Waals surface area contributed by atoms with E-state index in [2.05, 4.69) is 15.2 Å². The van der Waals surface area contributed by atoms with Crippen molar-refractivity contribution < 1.29 is 9.90 Å². The third-order valence-corrected chi connectivity index (χ3v) is 9.30. The largest absolute Gasteiger partial charge is 0.396 e. The summed E-state index contributed by atoms with van der Waals surface area (Å²) < 4.78 is 1.75. The summed E-state index contributed by atoms with van der Waals surface area (Å²) >= 11 is 6.27. The molecule has 3 aromatic rings. The van der Waals surface area contributed by atoms with Crippen molar-refractivity contribution >= 4 is 45.9 Å². The zero-order valence-corrected chi connectivity index (χ0v) is 23.7. The Labute approximate surface area is 239 Å². The van der Waals surface area contributed by atoms with E-state index in [1.165, 1.54) is 0 Å². The van der Waals surface area contributed by atoms with E-state index in [1.54, 1.807) is 16.8 Å². The number of pyridine rings is 1. The molecule has 2 aromatic heterocycles. The zero-order valence-electron chi connectivity index (χ0n) is 23.0. The molecule has 40 heavy (non-hydrogen) atoms. The average molecular weight is 565 g/mol. The first-order valence-corrected chi connectivity index (χ1v) is 14.9. The number of aliphatic hydroxyl groups is 1. The number of halogens is 1. The summed E-state index contributed by atoms with van der Waals surface area (Å²) in [6, 6.07) is 8.13. The van der Waals surface area contributed by atoms with E-state index < -0.39 is 0 Å². The van der Waals surface area contributed by atoms with Crippen LogP contribution in [0, 0.1) is 12.8 Å². The summed E-state index contributed by atoms with van der Waals surface area (Å²) in [7, 11) is 0. The predicted molar refractivity (Wildman–Crippen MR) is 158 cm³/mol. The number of benzene rings is 1. The fourth-order valence-electron chi connectivity index (χ4n) is 6.69. The van der Waals surface area contributed by atoms with Crippen LogP contribution in [0.5, 0.6) is 0 Å². The van der Waals surface area contributed by atoms with Gasteiger partial charge in [0.1, 0.15) is 10.7 Å². The minimum Gasteiger partial charge on any atom is -0.396 e. The molecule has 2 saturated carbocycles. The number of anilines is 3. The fourth-order valence-corrected chi connectivity index (χ4v) is 6.90. The van der Waals surface area contributed by atoms with E-state index in [1.807, 2.05) is 30.0 Å². The Balaban J connectivity index is 1.17. The number of fused-ring (bicyclic) bond motifs is 1. The van der Waals surface area contributed by atoms with Crippen molar-refractivity contribution in [2.24, 2.45) is 5.92 Å². The SMILES string of the molecule is Cc1cc(N2CCN(C3CCC(CO)CC3)CC2=O)ccc1Nc1ncc2cc(Cl)c(=O)n(C3CCCC3)c2n1. The molecule has 1 saturated heterocycles. The third-order valence-electron chi connectivity index (χ3n) is 9.03. The van der Waals surface area contributed by atoms with Gasteiger partial charge in [0, 0.05) is 54.7 Å². The third kappa shape index (κ3) is 5.34. The van der Waals surface area contributed by atoms with E-state index in [4.69, 9.17) is 16.6 Å². The molecule has 3 heterocycles. The van der Waals surface area contributed by atoms with Gasteiger partial charge in [-0.05, 0) is 81.2 Å². The molecule has 1 aliphatic heterocycles. The number of rotatable bonds is 6. The molecule has 6 rings (SSSR count). The number of aryl methyl sites for hydroxylation is 1. The average Bonchev–Trinajstić information content (AvgIpc) is 3.49. The van der Waals surface area contributed by atoms with Crippen LogP contribution in [0.3, 0.4) is 0 Å². The van der Waals surface area contributed by atoms with Gasteiger partial charge in [0.15, 0.2) is 0 Å². The number of carbonyl (C=O) groups excluding carboxylic acids is 1. The van der Waals surface area contributed by atoms with Gasteiger partial charge in [-0.3, -0.25) is 19.1 Å². The van der Waals surface area contributed by atoms with Gasteiger partial charge < -0.3 is 15.3 Å². The maximum absolute atomic E-state index is 13.1. The van der Waals surface area contributed by atoms with E-state index in [0.717, 1.165) is 80.2 Å². The van der Waals surface area contributed by atoms with Gasteiger partial charge in [0.05, 0.1) is 6.54 Å². The van der Waals surface area contributed by atoms with E-state index >= 15 is 0 Å². The van der Waals surface area contributed by atoms with Gasteiger partial charge in [-0.15, -0.1) is 0 Å². The standard InChI is InChI=1S/C30H37ClN6O3/c1-19-14-24(36-13-12-35(17-27(36)39)22-8-6-20(18-38)7-9-22)10-11-26(19)33-30-32-16-21-15-25(31)29(40)37(28(21)34-30)23-4-2-3-5-23/h10-11,14-16,20,22-23,38H,2-9,12-13,17-18H2,1H3,(H,32,33,34). The molecule has 0 unspecified atom stereocenters. The Hall–Kier alpha value is -3.01. The van der Waals surface area contributed by atoms with Gasteiger partial charge in [0.2, 0.25) is 11.9 Å². The highest BCUT2D eigenvalue weighted by Gasteiger charge is 2.32. The highest BCUT2D eigenvalue weighted by Crippen LogP contribution is 2.33. The number of aromatic nitrogens is 3. The molecule has 10 heteroatoms. The van der Waals surface area contributed by atoms with E-state index in [0.29, 0.717) is 36.6 Å². The molecule has 0 bridgehead atoms. The minimum atomic E-state index is -0.200. The molecular weight excluding hydrogens is 528 g/mol. The van der Waals surface area contributed by atoms with Crippen LogP contribution in [0.4, 0.5) is 17.3 Å². The molecule has 1 aromatic carbocycles. The predicted octanol–water partition coefficient (Wildman–Crippen LogP) is 4.81. The maximum atomic E-state index is 13.1. The number of amides is 1. The number of carbonyl (C=O) groups is 1. The van der Waals surface area contributed by atoms with E-state index in [9.17, 15) is 14.7 Å². The molecule has 1 amide bonds. The van der Waals surface area contributed by atoms with Crippen molar-refractivity contribution in [1.82, 2.24) is 19.4 Å². The summed E-state index contributed by atoms with van der Waals surface area (Å²) in [5.41, 5.74) is 3.11. The maximum Gasteiger partial charge on any atom is 0.271 e. The quantitative estimate of drug-likeness (QED) is 0.443. The number of nitrogens with one attached hydrogen (secondary N) is 1. The molecule has 2 aliphatic carbocycles. The molecule has 3 aliphatic rings. The van der Waals surface area contributed by atoms with Crippen molar-refractivity contribution in [1.29, 1.82) is 0 Å². The number of hydrogen-bond donors (Lipinski definition) is 2. The topological polar surface area (TPSA) is 104 Å². The van der Waals surface area contributed by atoms with Crippen molar-refractivity contribution in [2.75, 3.05) is 36.5 Å². The second kappa shape index (κ2) is 11.5. The lowest BCUT2D eigenvalue weighted by Crippen LogP contribution is -2.54. The second-order valence-corrected chi connectivity index (χ2v) is 12.0. The Morgan fingerprint density at radius 1 is 1.02 bits per heavy atom. The van der Waals surface area contributed by atoms with Crippen molar-refractivity contribution in [2.45, 2.75) is 70.4 Å². The Morgan fingerprint density at radius 3 is 2.50 bits per heavy atom. The lowest BCUT2D eigenvalue weighted by Gasteiger charge is -2.41. The zero-order chi connectivity index (χ0) is 27.8. The number of hydrogen-bond acceptors (Lipinski definition) is 7. The van der Waals surface area contributed by atoms with Crippen LogP contribution in [0.25, 0.3) is 11.0 Å². The van der Waals surface area contributed by atoms with E-state index in [-0.39, 0.29) is 29.1 Å². The molecule has 0 radical (unpaired) electrons. The number of nitrogens with zero attached hydrogens (tertiary/aromatic N) is 5. The summed E-state index contributed by atoms with van der Waals surface area (Å²) in [5, 5.41) is 13.7. The molecule has 0 spiro atoms. The van der Waals surface area contributed by atoms with Gasteiger partial charge in [-0.1, -0.05) is 24.4 Å². The second-order valence-electron chi connectivity index (χ2n) is 11.6. The van der Waals surface area contributed by atoms with Gasteiger partial charge in [-0.2, -0.15) is 4.98 Å². The molecule has 9 nitrogen and oxygen atoms in total. The van der Waals surface area contributed by atoms with Crippen LogP contribution in [-0.2, 0) is 4.79 Å². The number of piperazine rings is 1. The van der Waals surface area contributed by atoms with Crippen molar-refractivity contribution in [3.63, 3.8) is 0 Å². The summed E-state index contributed by atoms with van der Waals surface area (Å²) in [6.07, 6.45) is 9.97. The van der Waals surface area contributed by atoms with Crippen molar-refractivity contribution in [3.05, 3.63) is 51.4 Å². The van der Waals surface area contributed by atoms with Crippen LogP contribution in [0.15, 0.2) is 35.3 Å². The van der Waals surface area contributed by atoms with Gasteiger partial charge in [-0.25, -0.2) is 4.98 Å². The summed E-state index contributed by atoms with van der Waals surface area (Å²) in [4.78, 5) is 39.5. The highest BCUT2D eigenvalue weighted by molar-refractivity contribution is 6.31. The Morgan fingerprint density at radius 2 is 1.80 bits per heavy atom. The van der Waals surface area contributed by atoms with Crippen LogP contribution in [-0.4, -0.2) is 62.7 Å². The Kier molecular flexibility index (Phi) is 7.79. The number of aliphatic hydroxyl groups excluding tert-OH is 1. The highest BCUT2D eigenvalue weighted by atomic mass is 35.5. The minimum absolute atomic E-state index is 0.103.